The molecule has 2 nitrogen and oxygen atoms in total. The zero-order valence-electron chi connectivity index (χ0n) is 11.5. The van der Waals surface area contributed by atoms with Gasteiger partial charge >= 0.3 is 0 Å². The van der Waals surface area contributed by atoms with Gasteiger partial charge in [0.05, 0.1) is 13.2 Å². The van der Waals surface area contributed by atoms with Gasteiger partial charge in [-0.2, -0.15) is 0 Å². The number of aliphatic hydroxyl groups is 1. The molecule has 0 heterocycles. The molecule has 1 N–H and O–H groups in total. The largest absolute Gasteiger partial charge is 0.497 e. The molecule has 0 radical (unpaired) electrons. The van der Waals surface area contributed by atoms with Crippen LogP contribution >= 0.6 is 0 Å². The predicted octanol–water partition coefficient (Wildman–Crippen LogP) is 3.78. The molecule has 0 saturated carbocycles. The minimum absolute atomic E-state index is 0.695. The highest BCUT2D eigenvalue weighted by Gasteiger charge is 2.09. The third-order valence-corrected chi connectivity index (χ3v) is 3.09. The van der Waals surface area contributed by atoms with Gasteiger partial charge in [-0.25, -0.2) is 0 Å². The Labute approximate surface area is 119 Å². The summed E-state index contributed by atoms with van der Waals surface area (Å²) in [5.74, 6) is 0.813. The minimum atomic E-state index is -0.695. The molecule has 2 rings (SSSR count). The van der Waals surface area contributed by atoms with Gasteiger partial charge in [-0.05, 0) is 34.9 Å². The lowest BCUT2D eigenvalue weighted by atomic mass is 9.98. The maximum atomic E-state index is 10.1. The molecule has 2 aromatic rings. The van der Waals surface area contributed by atoms with Gasteiger partial charge in [0.1, 0.15) is 5.75 Å². The zero-order chi connectivity index (χ0) is 14.4. The van der Waals surface area contributed by atoms with E-state index in [9.17, 15) is 5.11 Å². The lowest BCUT2D eigenvalue weighted by Crippen LogP contribution is -2.05. The average Bonchev–Trinajstić information content (AvgIpc) is 2.53. The molecule has 0 fully saturated rings. The van der Waals surface area contributed by atoms with Gasteiger partial charge in [0.15, 0.2) is 0 Å². The Hall–Kier alpha value is -2.32. The second-order valence-electron chi connectivity index (χ2n) is 4.42. The summed E-state index contributed by atoms with van der Waals surface area (Å²) >= 11 is 0. The lowest BCUT2D eigenvalue weighted by Gasteiger charge is -2.12. The van der Waals surface area contributed by atoms with Crippen LogP contribution in [0.2, 0.25) is 0 Å². The fraction of sp³-hybridized carbons (Fsp3) is 0.111. The Morgan fingerprint density at radius 2 is 1.75 bits per heavy atom. The number of rotatable bonds is 5. The van der Waals surface area contributed by atoms with E-state index < -0.39 is 6.10 Å². The highest BCUT2D eigenvalue weighted by atomic mass is 16.5. The molecule has 2 aromatic carbocycles. The second kappa shape index (κ2) is 6.73. The number of aliphatic hydroxyl groups excluding tert-OH is 1. The molecule has 1 unspecified atom stereocenters. The Balaban J connectivity index is 2.40. The van der Waals surface area contributed by atoms with Crippen LogP contribution in [0.4, 0.5) is 0 Å². The van der Waals surface area contributed by atoms with Crippen LogP contribution in [0.25, 0.3) is 11.6 Å². The maximum absolute atomic E-state index is 10.1. The van der Waals surface area contributed by atoms with Gasteiger partial charge in [-0.3, -0.25) is 0 Å². The molecular weight excluding hydrogens is 248 g/mol. The van der Waals surface area contributed by atoms with Crippen LogP contribution in [-0.2, 0) is 0 Å². The Morgan fingerprint density at radius 1 is 1.10 bits per heavy atom. The van der Waals surface area contributed by atoms with E-state index in [1.54, 1.807) is 7.11 Å². The first-order valence-electron chi connectivity index (χ1n) is 6.46. The molecule has 0 saturated heterocycles. The number of benzene rings is 2. The zero-order valence-corrected chi connectivity index (χ0v) is 11.5. The summed E-state index contributed by atoms with van der Waals surface area (Å²) in [6.45, 7) is 3.67. The van der Waals surface area contributed by atoms with Gasteiger partial charge in [-0.1, -0.05) is 48.5 Å². The van der Waals surface area contributed by atoms with E-state index in [1.165, 1.54) is 6.08 Å². The van der Waals surface area contributed by atoms with Crippen molar-refractivity contribution in [3.8, 4) is 5.75 Å². The average molecular weight is 266 g/mol. The summed E-state index contributed by atoms with van der Waals surface area (Å²) < 4.78 is 5.14. The van der Waals surface area contributed by atoms with E-state index in [0.717, 1.165) is 22.4 Å². The fourth-order valence-electron chi connectivity index (χ4n) is 1.98. The van der Waals surface area contributed by atoms with Gasteiger partial charge < -0.3 is 9.84 Å². The van der Waals surface area contributed by atoms with Gasteiger partial charge in [-0.15, -0.1) is 6.58 Å². The Bertz CT molecular complexity index is 583. The van der Waals surface area contributed by atoms with Crippen LogP contribution in [0.15, 0.2) is 67.3 Å². The van der Waals surface area contributed by atoms with E-state index >= 15 is 0 Å². The van der Waals surface area contributed by atoms with Crippen molar-refractivity contribution in [1.29, 1.82) is 0 Å². The van der Waals surface area contributed by atoms with Crippen molar-refractivity contribution in [3.63, 3.8) is 0 Å². The highest BCUT2D eigenvalue weighted by Crippen LogP contribution is 2.23. The highest BCUT2D eigenvalue weighted by molar-refractivity contribution is 5.84. The van der Waals surface area contributed by atoms with Crippen LogP contribution in [0.1, 0.15) is 11.1 Å². The Kier molecular flexibility index (Phi) is 4.75. The van der Waals surface area contributed by atoms with E-state index in [0.29, 0.717) is 0 Å². The lowest BCUT2D eigenvalue weighted by molar-refractivity contribution is 0.281. The van der Waals surface area contributed by atoms with Gasteiger partial charge in [0.25, 0.3) is 0 Å². The van der Waals surface area contributed by atoms with E-state index in [-0.39, 0.29) is 0 Å². The number of hydrogen-bond donors (Lipinski definition) is 1. The molecular formula is C18H18O2. The van der Waals surface area contributed by atoms with E-state index in [2.05, 4.69) is 6.58 Å². The van der Waals surface area contributed by atoms with Crippen molar-refractivity contribution in [1.82, 2.24) is 0 Å². The summed E-state index contributed by atoms with van der Waals surface area (Å²) in [5, 5.41) is 10.1. The first kappa shape index (κ1) is 14.1. The molecule has 0 spiro atoms. The first-order valence-corrected chi connectivity index (χ1v) is 6.46. The quantitative estimate of drug-likeness (QED) is 0.659. The molecule has 0 amide bonds. The van der Waals surface area contributed by atoms with Crippen LogP contribution in [0.5, 0.6) is 5.75 Å². The molecule has 102 valence electrons. The van der Waals surface area contributed by atoms with Crippen LogP contribution in [0, 0.1) is 0 Å². The van der Waals surface area contributed by atoms with E-state index in [1.807, 2.05) is 60.7 Å². The summed E-state index contributed by atoms with van der Waals surface area (Å²) in [4.78, 5) is 0. The summed E-state index contributed by atoms with van der Waals surface area (Å²) in [5.41, 5.74) is 2.81. The fourth-order valence-corrected chi connectivity index (χ4v) is 1.98. The SMILES string of the molecule is C=CC(O)/C(=C\c1ccc(OC)cc1)c1ccccc1. The molecule has 1 atom stereocenters. The second-order valence-corrected chi connectivity index (χ2v) is 4.42. The van der Waals surface area contributed by atoms with Crippen molar-refractivity contribution < 1.29 is 9.84 Å². The molecule has 0 aromatic heterocycles. The third-order valence-electron chi connectivity index (χ3n) is 3.09. The summed E-state index contributed by atoms with van der Waals surface area (Å²) in [7, 11) is 1.64. The minimum Gasteiger partial charge on any atom is -0.497 e. The van der Waals surface area contributed by atoms with Crippen molar-refractivity contribution in [2.24, 2.45) is 0 Å². The van der Waals surface area contributed by atoms with Gasteiger partial charge in [0.2, 0.25) is 0 Å². The molecule has 0 aliphatic carbocycles. The predicted molar refractivity (Wildman–Crippen MR) is 83.5 cm³/mol. The van der Waals surface area contributed by atoms with Crippen molar-refractivity contribution in [2.45, 2.75) is 6.10 Å². The van der Waals surface area contributed by atoms with Crippen LogP contribution in [0.3, 0.4) is 0 Å². The third kappa shape index (κ3) is 3.37. The number of methoxy groups -OCH3 is 1. The van der Waals surface area contributed by atoms with Crippen molar-refractivity contribution in [3.05, 3.63) is 78.4 Å². The van der Waals surface area contributed by atoms with E-state index in [4.69, 9.17) is 4.74 Å². The summed E-state index contributed by atoms with van der Waals surface area (Å²) in [6.07, 6.45) is 2.79. The summed E-state index contributed by atoms with van der Waals surface area (Å²) in [6, 6.07) is 17.5. The van der Waals surface area contributed by atoms with Crippen LogP contribution in [-0.4, -0.2) is 18.3 Å². The monoisotopic (exact) mass is 266 g/mol. The van der Waals surface area contributed by atoms with Crippen molar-refractivity contribution in [2.75, 3.05) is 7.11 Å². The smallest absolute Gasteiger partial charge is 0.118 e. The molecule has 20 heavy (non-hydrogen) atoms. The molecule has 2 heteroatoms. The van der Waals surface area contributed by atoms with Crippen LogP contribution < -0.4 is 4.74 Å². The standard InChI is InChI=1S/C18H18O2/c1-3-18(19)17(15-7-5-4-6-8-15)13-14-9-11-16(20-2)12-10-14/h3-13,18-19H,1H2,2H3/b17-13-. The molecule has 0 aliphatic rings. The number of ether oxygens (including phenoxy) is 1. The Morgan fingerprint density at radius 3 is 2.30 bits per heavy atom. The first-order chi connectivity index (χ1) is 9.74. The maximum Gasteiger partial charge on any atom is 0.118 e. The van der Waals surface area contributed by atoms with Crippen molar-refractivity contribution >= 4 is 11.6 Å². The topological polar surface area (TPSA) is 29.5 Å². The molecule has 0 aliphatic heterocycles. The van der Waals surface area contributed by atoms with Gasteiger partial charge in [0, 0.05) is 0 Å². The molecule has 0 bridgehead atoms. The number of hydrogen-bond acceptors (Lipinski definition) is 2. The normalized spacial score (nSPS) is 12.8.